The molecule has 4 rings (SSSR count). The number of benzene rings is 3. The van der Waals surface area contributed by atoms with Gasteiger partial charge in [0.25, 0.3) is 0 Å². The van der Waals surface area contributed by atoms with Gasteiger partial charge in [-0.25, -0.2) is 4.79 Å². The number of rotatable bonds is 5. The molecule has 1 heterocycles. The lowest BCUT2D eigenvalue weighted by Crippen LogP contribution is -2.07. The summed E-state index contributed by atoms with van der Waals surface area (Å²) in [5.74, 6) is 0.158. The van der Waals surface area contributed by atoms with Gasteiger partial charge in [-0.2, -0.15) is 0 Å². The number of aliphatic hydroxyl groups is 1. The molecule has 0 saturated carbocycles. The predicted molar refractivity (Wildman–Crippen MR) is 103 cm³/mol. The van der Waals surface area contributed by atoms with Crippen LogP contribution in [0.4, 0.5) is 0 Å². The molecule has 8 heteroatoms. The Kier molecular flexibility index (Phi) is 4.56. The zero-order valence-electron chi connectivity index (χ0n) is 15.7. The molecule has 0 atom stereocenters. The van der Waals surface area contributed by atoms with E-state index >= 15 is 0 Å². The Morgan fingerprint density at radius 3 is 2.28 bits per heavy atom. The van der Waals surface area contributed by atoms with E-state index in [-0.39, 0.29) is 23.7 Å². The fraction of sp³-hybridized carbons (Fsp3) is 0.190. The quantitative estimate of drug-likeness (QED) is 0.600. The van der Waals surface area contributed by atoms with Crippen molar-refractivity contribution >= 4 is 16.7 Å². The number of hydrogen-bond acceptors (Lipinski definition) is 7. The van der Waals surface area contributed by atoms with Crippen molar-refractivity contribution in [2.75, 3.05) is 21.0 Å². The lowest BCUT2D eigenvalue weighted by molar-refractivity contribution is 0.0693. The first kappa shape index (κ1) is 18.7. The highest BCUT2D eigenvalue weighted by molar-refractivity contribution is 6.12. The Morgan fingerprint density at radius 2 is 1.69 bits per heavy atom. The molecule has 0 aromatic heterocycles. The fourth-order valence-electron chi connectivity index (χ4n) is 3.59. The number of carbonyl (C=O) groups is 1. The Balaban J connectivity index is 2.15. The number of fused-ring (bicyclic) bond motifs is 2. The molecule has 3 aromatic carbocycles. The normalized spacial score (nSPS) is 12.2. The summed E-state index contributed by atoms with van der Waals surface area (Å²) >= 11 is 0. The maximum atomic E-state index is 12.1. The van der Waals surface area contributed by atoms with Gasteiger partial charge in [-0.05, 0) is 35.2 Å². The molecule has 3 aromatic rings. The van der Waals surface area contributed by atoms with Crippen LogP contribution in [0.5, 0.6) is 28.7 Å². The molecule has 0 bridgehead atoms. The lowest BCUT2D eigenvalue weighted by Gasteiger charge is -2.18. The SMILES string of the molecule is COc1ccc(-c2c(C(=O)O)c(CO)c(O)c3cc4c(cc23)OCO4)cc1OC. The Labute approximate surface area is 165 Å². The van der Waals surface area contributed by atoms with Gasteiger partial charge in [0.15, 0.2) is 23.0 Å². The van der Waals surface area contributed by atoms with E-state index in [1.807, 2.05) is 0 Å². The minimum Gasteiger partial charge on any atom is -0.507 e. The molecular formula is C21H18O8. The first-order valence-corrected chi connectivity index (χ1v) is 8.67. The first-order valence-electron chi connectivity index (χ1n) is 8.67. The third kappa shape index (κ3) is 2.85. The van der Waals surface area contributed by atoms with Gasteiger partial charge in [0.05, 0.1) is 26.4 Å². The second kappa shape index (κ2) is 7.06. The van der Waals surface area contributed by atoms with Crippen molar-refractivity contribution in [3.63, 3.8) is 0 Å². The van der Waals surface area contributed by atoms with Gasteiger partial charge in [-0.3, -0.25) is 0 Å². The van der Waals surface area contributed by atoms with Crippen molar-refractivity contribution in [3.05, 3.63) is 41.5 Å². The van der Waals surface area contributed by atoms with E-state index in [1.165, 1.54) is 14.2 Å². The average Bonchev–Trinajstić information content (AvgIpc) is 3.19. The van der Waals surface area contributed by atoms with Gasteiger partial charge >= 0.3 is 5.97 Å². The van der Waals surface area contributed by atoms with Gasteiger partial charge in [-0.1, -0.05) is 6.07 Å². The van der Waals surface area contributed by atoms with Gasteiger partial charge in [0.2, 0.25) is 6.79 Å². The van der Waals surface area contributed by atoms with Crippen LogP contribution < -0.4 is 18.9 Å². The summed E-state index contributed by atoms with van der Waals surface area (Å²) in [6, 6.07) is 8.18. The van der Waals surface area contributed by atoms with E-state index in [0.29, 0.717) is 44.9 Å². The number of methoxy groups -OCH3 is 2. The molecule has 0 spiro atoms. The predicted octanol–water partition coefficient (Wildman–Crippen LogP) is 3.15. The Hall–Kier alpha value is -3.65. The summed E-state index contributed by atoms with van der Waals surface area (Å²) in [4.78, 5) is 12.1. The molecule has 1 aliphatic rings. The fourth-order valence-corrected chi connectivity index (χ4v) is 3.59. The maximum absolute atomic E-state index is 12.1. The van der Waals surface area contributed by atoms with Gasteiger partial charge < -0.3 is 34.3 Å². The highest BCUT2D eigenvalue weighted by atomic mass is 16.7. The van der Waals surface area contributed by atoms with E-state index in [4.69, 9.17) is 18.9 Å². The lowest BCUT2D eigenvalue weighted by atomic mass is 9.88. The van der Waals surface area contributed by atoms with E-state index in [1.54, 1.807) is 30.3 Å². The molecule has 0 aliphatic carbocycles. The molecule has 0 saturated heterocycles. The number of carboxylic acids is 1. The van der Waals surface area contributed by atoms with Crippen LogP contribution in [0.1, 0.15) is 15.9 Å². The van der Waals surface area contributed by atoms with Crippen LogP contribution in [-0.2, 0) is 6.61 Å². The van der Waals surface area contributed by atoms with Crippen LogP contribution in [0, 0.1) is 0 Å². The van der Waals surface area contributed by atoms with Crippen molar-refractivity contribution in [1.29, 1.82) is 0 Å². The number of aliphatic hydroxyl groups excluding tert-OH is 1. The smallest absolute Gasteiger partial charge is 0.336 e. The average molecular weight is 398 g/mol. The maximum Gasteiger partial charge on any atom is 0.336 e. The second-order valence-corrected chi connectivity index (χ2v) is 6.36. The van der Waals surface area contributed by atoms with E-state index in [0.717, 1.165) is 0 Å². The largest absolute Gasteiger partial charge is 0.507 e. The molecule has 150 valence electrons. The number of carboxylic acid groups (broad SMARTS) is 1. The van der Waals surface area contributed by atoms with Gasteiger partial charge in [0, 0.05) is 16.5 Å². The van der Waals surface area contributed by atoms with Crippen LogP contribution in [0.15, 0.2) is 30.3 Å². The highest BCUT2D eigenvalue weighted by Gasteiger charge is 2.27. The molecular weight excluding hydrogens is 380 g/mol. The van der Waals surface area contributed by atoms with Crippen LogP contribution in [0.25, 0.3) is 21.9 Å². The molecule has 0 amide bonds. The molecule has 29 heavy (non-hydrogen) atoms. The summed E-state index contributed by atoms with van der Waals surface area (Å²) < 4.78 is 21.4. The van der Waals surface area contributed by atoms with Crippen molar-refractivity contribution in [1.82, 2.24) is 0 Å². The summed E-state index contributed by atoms with van der Waals surface area (Å²) in [6.45, 7) is -0.630. The molecule has 3 N–H and O–H groups in total. The van der Waals surface area contributed by atoms with Crippen LogP contribution in [0.3, 0.4) is 0 Å². The summed E-state index contributed by atoms with van der Waals surface area (Å²) in [5.41, 5.74) is 0.532. The number of phenols is 1. The van der Waals surface area contributed by atoms with Crippen molar-refractivity contribution in [3.8, 4) is 39.9 Å². The molecule has 0 fully saturated rings. The third-order valence-electron chi connectivity index (χ3n) is 4.92. The van der Waals surface area contributed by atoms with Crippen molar-refractivity contribution in [2.24, 2.45) is 0 Å². The van der Waals surface area contributed by atoms with E-state index in [9.17, 15) is 20.1 Å². The number of aromatic carboxylic acids is 1. The number of ether oxygens (including phenoxy) is 4. The second-order valence-electron chi connectivity index (χ2n) is 6.36. The standard InChI is InChI=1S/C21H18O8/c1-26-14-4-3-10(5-15(14)27-2)18-11-6-16-17(29-9-28-16)7-12(11)20(23)13(8-22)19(18)21(24)25/h3-7,22-23H,8-9H2,1-2H3,(H,24,25). The summed E-state index contributed by atoms with van der Waals surface area (Å²) in [5, 5.41) is 31.2. The van der Waals surface area contributed by atoms with Crippen LogP contribution >= 0.6 is 0 Å². The highest BCUT2D eigenvalue weighted by Crippen LogP contribution is 2.47. The molecule has 8 nitrogen and oxygen atoms in total. The number of hydrogen-bond donors (Lipinski definition) is 3. The van der Waals surface area contributed by atoms with E-state index in [2.05, 4.69) is 0 Å². The van der Waals surface area contributed by atoms with Gasteiger partial charge in [0.1, 0.15) is 5.75 Å². The zero-order chi connectivity index (χ0) is 20.7. The summed E-state index contributed by atoms with van der Waals surface area (Å²) in [7, 11) is 2.98. The third-order valence-corrected chi connectivity index (χ3v) is 4.92. The van der Waals surface area contributed by atoms with Gasteiger partial charge in [-0.15, -0.1) is 0 Å². The number of aromatic hydroxyl groups is 1. The Bertz CT molecular complexity index is 1140. The topological polar surface area (TPSA) is 115 Å². The monoisotopic (exact) mass is 398 g/mol. The minimum atomic E-state index is -1.28. The molecule has 0 radical (unpaired) electrons. The summed E-state index contributed by atoms with van der Waals surface area (Å²) in [6.07, 6.45) is 0. The zero-order valence-corrected chi connectivity index (χ0v) is 15.7. The molecule has 1 aliphatic heterocycles. The first-order chi connectivity index (χ1) is 14.0. The minimum absolute atomic E-state index is 0.0246. The van der Waals surface area contributed by atoms with Crippen LogP contribution in [-0.4, -0.2) is 42.3 Å². The van der Waals surface area contributed by atoms with E-state index < -0.39 is 12.6 Å². The van der Waals surface area contributed by atoms with Crippen molar-refractivity contribution < 1.29 is 39.1 Å². The van der Waals surface area contributed by atoms with Crippen LogP contribution in [0.2, 0.25) is 0 Å². The van der Waals surface area contributed by atoms with Crippen molar-refractivity contribution in [2.45, 2.75) is 6.61 Å². The Morgan fingerprint density at radius 1 is 1.03 bits per heavy atom. The molecule has 0 unspecified atom stereocenters.